The Hall–Kier alpha value is -1.11. The second-order valence-corrected chi connectivity index (χ2v) is 4.68. The first kappa shape index (κ1) is 12.9. The van der Waals surface area contributed by atoms with Crippen molar-refractivity contribution in [3.8, 4) is 0 Å². The van der Waals surface area contributed by atoms with E-state index in [1.54, 1.807) is 6.92 Å². The lowest BCUT2D eigenvalue weighted by Gasteiger charge is -2.03. The van der Waals surface area contributed by atoms with Crippen LogP contribution in [0.25, 0.3) is 0 Å². The number of sulfone groups is 1. The van der Waals surface area contributed by atoms with Crippen LogP contribution < -0.4 is 0 Å². The molecule has 0 atom stereocenters. The van der Waals surface area contributed by atoms with Crippen LogP contribution >= 0.6 is 0 Å². The highest BCUT2D eigenvalue weighted by Gasteiger charge is 2.13. The first-order valence-electron chi connectivity index (χ1n) is 3.84. The number of rotatable bonds is 5. The molecule has 0 aromatic heterocycles. The van der Waals surface area contributed by atoms with Crippen LogP contribution in [0.4, 0.5) is 0 Å². The Balaban J connectivity index is 3.81. The minimum Gasteiger partial charge on any atom is -0.463 e. The summed E-state index contributed by atoms with van der Waals surface area (Å²) in [5, 5.41) is 0. The number of carbonyl (C=O) groups excluding carboxylic acids is 2. The topological polar surface area (TPSA) is 86.7 Å². The van der Waals surface area contributed by atoms with Gasteiger partial charge in [0, 0.05) is 6.26 Å². The summed E-state index contributed by atoms with van der Waals surface area (Å²) >= 11 is 0. The number of hydrogen-bond donors (Lipinski definition) is 0. The van der Waals surface area contributed by atoms with Crippen LogP contribution in [-0.4, -0.2) is 45.6 Å². The van der Waals surface area contributed by atoms with Gasteiger partial charge in [0.25, 0.3) is 0 Å². The third-order valence-electron chi connectivity index (χ3n) is 1.04. The summed E-state index contributed by atoms with van der Waals surface area (Å²) < 4.78 is 30.0. The van der Waals surface area contributed by atoms with Gasteiger partial charge in [0.05, 0.1) is 6.61 Å². The van der Waals surface area contributed by atoms with Crippen LogP contribution in [0.1, 0.15) is 6.92 Å². The van der Waals surface area contributed by atoms with Crippen molar-refractivity contribution in [3.05, 3.63) is 0 Å². The molecule has 0 unspecified atom stereocenters. The lowest BCUT2D eigenvalue weighted by molar-refractivity contribution is -0.157. The minimum atomic E-state index is -3.41. The Bertz CT molecular complexity index is 304. The summed E-state index contributed by atoms with van der Waals surface area (Å²) in [7, 11) is -3.41. The summed E-state index contributed by atoms with van der Waals surface area (Å²) in [6.45, 7) is 1.24. The summed E-state index contributed by atoms with van der Waals surface area (Å²) in [5.74, 6) is -2.39. The molecule has 0 aliphatic heterocycles. The number of carbonyl (C=O) groups is 2. The predicted molar refractivity (Wildman–Crippen MR) is 47.3 cm³/mol. The van der Waals surface area contributed by atoms with Crippen molar-refractivity contribution >= 4 is 21.8 Å². The molecule has 14 heavy (non-hydrogen) atoms. The molecular weight excluding hydrogens is 212 g/mol. The zero-order valence-electron chi connectivity index (χ0n) is 7.98. The van der Waals surface area contributed by atoms with Gasteiger partial charge < -0.3 is 9.47 Å². The van der Waals surface area contributed by atoms with Crippen molar-refractivity contribution in [2.75, 3.05) is 25.2 Å². The maximum Gasteiger partial charge on any atom is 0.344 e. The summed E-state index contributed by atoms with van der Waals surface area (Å²) in [5.41, 5.74) is 0. The van der Waals surface area contributed by atoms with E-state index in [-0.39, 0.29) is 6.61 Å². The molecule has 0 heterocycles. The lowest BCUT2D eigenvalue weighted by atomic mass is 10.7. The van der Waals surface area contributed by atoms with Crippen LogP contribution in [0.2, 0.25) is 0 Å². The Morgan fingerprint density at radius 3 is 2.14 bits per heavy atom. The van der Waals surface area contributed by atoms with Gasteiger partial charge in [0.15, 0.2) is 16.4 Å². The summed E-state index contributed by atoms with van der Waals surface area (Å²) in [6.07, 6.45) is 0.901. The van der Waals surface area contributed by atoms with E-state index < -0.39 is 34.1 Å². The van der Waals surface area contributed by atoms with Gasteiger partial charge in [-0.25, -0.2) is 13.2 Å². The number of hydrogen-bond acceptors (Lipinski definition) is 6. The Kier molecular flexibility index (Phi) is 5.14. The van der Waals surface area contributed by atoms with Crippen molar-refractivity contribution in [1.29, 1.82) is 0 Å². The molecule has 0 N–H and O–H groups in total. The average Bonchev–Trinajstić information content (AvgIpc) is 1.98. The molecule has 7 heteroatoms. The predicted octanol–water partition coefficient (Wildman–Crippen LogP) is -0.863. The van der Waals surface area contributed by atoms with Crippen molar-refractivity contribution in [2.24, 2.45) is 0 Å². The molecule has 6 nitrogen and oxygen atoms in total. The quantitative estimate of drug-likeness (QED) is 0.564. The third kappa shape index (κ3) is 7.53. The van der Waals surface area contributed by atoms with Gasteiger partial charge in [-0.3, -0.25) is 4.79 Å². The Labute approximate surface area is 82.1 Å². The van der Waals surface area contributed by atoms with E-state index in [4.69, 9.17) is 0 Å². The Morgan fingerprint density at radius 1 is 1.14 bits per heavy atom. The SMILES string of the molecule is CCOC(=O)COC(=O)CS(C)(=O)=O. The van der Waals surface area contributed by atoms with Gasteiger partial charge >= 0.3 is 11.9 Å². The molecule has 0 radical (unpaired) electrons. The second kappa shape index (κ2) is 5.58. The monoisotopic (exact) mass is 224 g/mol. The van der Waals surface area contributed by atoms with Gasteiger partial charge in [-0.1, -0.05) is 0 Å². The molecule has 0 aliphatic rings. The van der Waals surface area contributed by atoms with E-state index in [9.17, 15) is 18.0 Å². The molecule has 0 bridgehead atoms. The zero-order valence-corrected chi connectivity index (χ0v) is 8.80. The fourth-order valence-corrected chi connectivity index (χ4v) is 1.11. The molecule has 0 saturated heterocycles. The molecule has 0 fully saturated rings. The number of esters is 2. The highest BCUT2D eigenvalue weighted by molar-refractivity contribution is 7.91. The van der Waals surface area contributed by atoms with Crippen molar-refractivity contribution in [3.63, 3.8) is 0 Å². The smallest absolute Gasteiger partial charge is 0.344 e. The molecule has 0 spiro atoms. The van der Waals surface area contributed by atoms with Crippen LogP contribution in [-0.2, 0) is 28.9 Å². The van der Waals surface area contributed by atoms with Gasteiger partial charge in [0.1, 0.15) is 5.75 Å². The van der Waals surface area contributed by atoms with Crippen LogP contribution in [0.5, 0.6) is 0 Å². The fraction of sp³-hybridized carbons (Fsp3) is 0.714. The van der Waals surface area contributed by atoms with E-state index >= 15 is 0 Å². The van der Waals surface area contributed by atoms with Gasteiger partial charge in [-0.05, 0) is 6.92 Å². The lowest BCUT2D eigenvalue weighted by Crippen LogP contribution is -2.21. The molecule has 0 aromatic carbocycles. The standard InChI is InChI=1S/C7H12O6S/c1-3-12-6(8)4-13-7(9)5-14(2,10)11/h3-5H2,1-2H3. The van der Waals surface area contributed by atoms with E-state index in [1.165, 1.54) is 0 Å². The first-order chi connectivity index (χ1) is 6.35. The molecule has 0 rings (SSSR count). The second-order valence-electron chi connectivity index (χ2n) is 2.54. The molecule has 0 aromatic rings. The maximum atomic E-state index is 10.8. The van der Waals surface area contributed by atoms with E-state index in [0.717, 1.165) is 6.26 Å². The van der Waals surface area contributed by atoms with Crippen molar-refractivity contribution < 1.29 is 27.5 Å². The molecule has 0 saturated carbocycles. The van der Waals surface area contributed by atoms with Gasteiger partial charge in [-0.15, -0.1) is 0 Å². The molecule has 82 valence electrons. The molecule has 0 amide bonds. The average molecular weight is 224 g/mol. The fourth-order valence-electron chi connectivity index (χ4n) is 0.598. The van der Waals surface area contributed by atoms with Gasteiger partial charge in [0.2, 0.25) is 0 Å². The Morgan fingerprint density at radius 2 is 1.71 bits per heavy atom. The normalized spacial score (nSPS) is 10.7. The van der Waals surface area contributed by atoms with Gasteiger partial charge in [-0.2, -0.15) is 0 Å². The zero-order chi connectivity index (χ0) is 11.2. The first-order valence-corrected chi connectivity index (χ1v) is 5.90. The minimum absolute atomic E-state index is 0.183. The molecular formula is C7H12O6S. The van der Waals surface area contributed by atoms with Crippen LogP contribution in [0.3, 0.4) is 0 Å². The molecule has 0 aliphatic carbocycles. The van der Waals surface area contributed by atoms with Crippen LogP contribution in [0.15, 0.2) is 0 Å². The van der Waals surface area contributed by atoms with E-state index in [0.29, 0.717) is 0 Å². The van der Waals surface area contributed by atoms with E-state index in [2.05, 4.69) is 9.47 Å². The number of ether oxygens (including phenoxy) is 2. The van der Waals surface area contributed by atoms with Crippen molar-refractivity contribution in [1.82, 2.24) is 0 Å². The summed E-state index contributed by atoms with van der Waals surface area (Å²) in [6, 6.07) is 0. The largest absolute Gasteiger partial charge is 0.463 e. The van der Waals surface area contributed by atoms with Crippen LogP contribution in [0, 0.1) is 0 Å². The third-order valence-corrected chi connectivity index (χ3v) is 1.80. The van der Waals surface area contributed by atoms with E-state index in [1.807, 2.05) is 0 Å². The summed E-state index contributed by atoms with van der Waals surface area (Å²) in [4.78, 5) is 21.4. The maximum absolute atomic E-state index is 10.8. The highest BCUT2D eigenvalue weighted by atomic mass is 32.2. The van der Waals surface area contributed by atoms with Crippen molar-refractivity contribution in [2.45, 2.75) is 6.92 Å². The highest BCUT2D eigenvalue weighted by Crippen LogP contribution is 1.88.